The summed E-state index contributed by atoms with van der Waals surface area (Å²) in [5, 5.41) is 12.1. The van der Waals surface area contributed by atoms with E-state index in [4.69, 9.17) is 0 Å². The lowest BCUT2D eigenvalue weighted by Crippen LogP contribution is -2.37. The van der Waals surface area contributed by atoms with Gasteiger partial charge in [0.2, 0.25) is 5.91 Å². The van der Waals surface area contributed by atoms with Crippen molar-refractivity contribution in [2.45, 2.75) is 113 Å². The Hall–Kier alpha value is -0.810. The fourth-order valence-electron chi connectivity index (χ4n) is 4.80. The molecule has 0 radical (unpaired) electrons. The molecule has 0 spiro atoms. The van der Waals surface area contributed by atoms with Gasteiger partial charge in [-0.1, -0.05) is 54.4 Å². The number of benzene rings is 1. The van der Waals surface area contributed by atoms with E-state index < -0.39 is 0 Å². The van der Waals surface area contributed by atoms with Crippen LogP contribution in [0.4, 0.5) is 0 Å². The van der Waals surface area contributed by atoms with Crippen LogP contribution >= 0.6 is 23.5 Å². The molecule has 3 nitrogen and oxygen atoms in total. The van der Waals surface area contributed by atoms with E-state index in [-0.39, 0.29) is 10.8 Å². The molecule has 2 fully saturated rings. The highest BCUT2D eigenvalue weighted by atomic mass is 32.2. The first-order chi connectivity index (χ1) is 15.0. The van der Waals surface area contributed by atoms with Gasteiger partial charge < -0.3 is 10.0 Å². The van der Waals surface area contributed by atoms with Gasteiger partial charge in [-0.15, -0.1) is 23.5 Å². The zero-order valence-corrected chi connectivity index (χ0v) is 22.6. The molecular formula is C27H43NO2S2. The zero-order valence-electron chi connectivity index (χ0n) is 21.0. The molecule has 2 aliphatic rings. The summed E-state index contributed by atoms with van der Waals surface area (Å²) in [6.07, 6.45) is 8.52. The van der Waals surface area contributed by atoms with Gasteiger partial charge in [0.25, 0.3) is 0 Å². The SMILES string of the molecule is CC(C)(C)c1cc(S[C@@H]2CCCC[C@H]2SCC(=O)N2CCCCC2)cc(C(C)(C)C)c1O. The molecule has 1 saturated carbocycles. The fourth-order valence-corrected chi connectivity index (χ4v) is 7.71. The minimum absolute atomic E-state index is 0.109. The average Bonchev–Trinajstić information content (AvgIpc) is 2.73. The van der Waals surface area contributed by atoms with Crippen molar-refractivity contribution in [3.63, 3.8) is 0 Å². The lowest BCUT2D eigenvalue weighted by Gasteiger charge is -2.33. The van der Waals surface area contributed by atoms with E-state index in [0.717, 1.165) is 37.1 Å². The van der Waals surface area contributed by atoms with Gasteiger partial charge in [0.1, 0.15) is 5.75 Å². The van der Waals surface area contributed by atoms with Crippen LogP contribution in [-0.4, -0.2) is 45.3 Å². The van der Waals surface area contributed by atoms with Crippen molar-refractivity contribution in [2.24, 2.45) is 0 Å². The number of piperidine rings is 1. The average molecular weight is 478 g/mol. The van der Waals surface area contributed by atoms with Gasteiger partial charge in [0.05, 0.1) is 5.75 Å². The lowest BCUT2D eigenvalue weighted by molar-refractivity contribution is -0.129. The third-order valence-corrected chi connectivity index (χ3v) is 9.71. The summed E-state index contributed by atoms with van der Waals surface area (Å²) in [5.41, 5.74) is 1.85. The quantitative estimate of drug-likeness (QED) is 0.489. The van der Waals surface area contributed by atoms with Crippen molar-refractivity contribution in [3.05, 3.63) is 23.3 Å². The highest BCUT2D eigenvalue weighted by Gasteiger charge is 2.31. The predicted molar refractivity (Wildman–Crippen MR) is 140 cm³/mol. The first-order valence-electron chi connectivity index (χ1n) is 12.4. The molecule has 0 bridgehead atoms. The first-order valence-corrected chi connectivity index (χ1v) is 14.3. The zero-order chi connectivity index (χ0) is 23.5. The van der Waals surface area contributed by atoms with Gasteiger partial charge in [0, 0.05) is 39.6 Å². The molecule has 1 heterocycles. The van der Waals surface area contributed by atoms with E-state index in [1.54, 1.807) is 0 Å². The number of amides is 1. The molecule has 1 aliphatic heterocycles. The van der Waals surface area contributed by atoms with Crippen LogP contribution in [0.2, 0.25) is 0 Å². The van der Waals surface area contributed by atoms with Gasteiger partial charge in [-0.05, 0) is 55.1 Å². The molecule has 5 heteroatoms. The summed E-state index contributed by atoms with van der Waals surface area (Å²) < 4.78 is 0. The topological polar surface area (TPSA) is 40.5 Å². The highest BCUT2D eigenvalue weighted by molar-refractivity contribution is 8.04. The van der Waals surface area contributed by atoms with Gasteiger partial charge in [-0.3, -0.25) is 4.79 Å². The maximum absolute atomic E-state index is 12.7. The maximum atomic E-state index is 12.7. The second-order valence-corrected chi connectivity index (χ2v) is 14.1. The Labute approximate surface area is 204 Å². The van der Waals surface area contributed by atoms with Crippen molar-refractivity contribution in [2.75, 3.05) is 18.8 Å². The molecule has 1 aliphatic carbocycles. The van der Waals surface area contributed by atoms with Gasteiger partial charge in [0.15, 0.2) is 0 Å². The van der Waals surface area contributed by atoms with Crippen LogP contribution in [-0.2, 0) is 15.6 Å². The van der Waals surface area contributed by atoms with Crippen LogP contribution in [0.15, 0.2) is 17.0 Å². The summed E-state index contributed by atoms with van der Waals surface area (Å²) in [4.78, 5) is 16.1. The van der Waals surface area contributed by atoms with E-state index in [0.29, 0.717) is 27.9 Å². The van der Waals surface area contributed by atoms with Gasteiger partial charge in [-0.25, -0.2) is 0 Å². The summed E-state index contributed by atoms with van der Waals surface area (Å²) in [5.74, 6) is 1.41. The number of likely N-dealkylation sites (tertiary alicyclic amines) is 1. The molecule has 180 valence electrons. The molecule has 0 aromatic heterocycles. The molecule has 3 rings (SSSR count). The summed E-state index contributed by atoms with van der Waals surface area (Å²) in [6, 6.07) is 4.43. The Balaban J connectivity index is 1.75. The van der Waals surface area contributed by atoms with Crippen molar-refractivity contribution in [3.8, 4) is 5.75 Å². The molecule has 1 N–H and O–H groups in total. The number of thioether (sulfide) groups is 2. The number of carbonyl (C=O) groups is 1. The summed E-state index contributed by atoms with van der Waals surface area (Å²) in [6.45, 7) is 14.9. The van der Waals surface area contributed by atoms with Crippen LogP contribution in [0, 0.1) is 0 Å². The number of rotatable bonds is 5. The van der Waals surface area contributed by atoms with Crippen molar-refractivity contribution >= 4 is 29.4 Å². The molecule has 1 aromatic carbocycles. The smallest absolute Gasteiger partial charge is 0.232 e. The Kier molecular flexibility index (Phi) is 8.57. The second kappa shape index (κ2) is 10.6. The third-order valence-electron chi connectivity index (χ3n) is 6.76. The molecular weight excluding hydrogens is 434 g/mol. The Morgan fingerprint density at radius 3 is 1.97 bits per heavy atom. The monoisotopic (exact) mass is 477 g/mol. The standard InChI is InChI=1S/C27H43NO2S2/c1-26(2,3)20-16-19(17-21(25(20)30)27(4,5)6)32-23-13-9-8-12-22(23)31-18-24(29)28-14-10-7-11-15-28/h16-17,22-23,30H,7-15,18H2,1-6H3/t22-,23-/m1/s1. The van der Waals surface area contributed by atoms with Crippen LogP contribution in [0.1, 0.15) is 97.6 Å². The second-order valence-electron chi connectivity index (χ2n) is 11.6. The number of aromatic hydroxyl groups is 1. The third kappa shape index (κ3) is 6.62. The largest absolute Gasteiger partial charge is 0.507 e. The van der Waals surface area contributed by atoms with Crippen molar-refractivity contribution in [1.82, 2.24) is 4.90 Å². The van der Waals surface area contributed by atoms with E-state index in [1.165, 1.54) is 37.0 Å². The number of hydrogen-bond acceptors (Lipinski definition) is 4. The Bertz CT molecular complexity index is 753. The minimum Gasteiger partial charge on any atom is -0.507 e. The molecule has 2 atom stereocenters. The van der Waals surface area contributed by atoms with Crippen LogP contribution < -0.4 is 0 Å². The van der Waals surface area contributed by atoms with E-state index >= 15 is 0 Å². The minimum atomic E-state index is -0.109. The number of phenols is 1. The Morgan fingerprint density at radius 1 is 0.906 bits per heavy atom. The number of hydrogen-bond donors (Lipinski definition) is 1. The normalized spacial score (nSPS) is 22.8. The number of phenolic OH excluding ortho intramolecular Hbond substituents is 1. The number of carbonyl (C=O) groups excluding carboxylic acids is 1. The Morgan fingerprint density at radius 2 is 1.44 bits per heavy atom. The van der Waals surface area contributed by atoms with E-state index in [2.05, 4.69) is 58.6 Å². The lowest BCUT2D eigenvalue weighted by atomic mass is 9.79. The van der Waals surface area contributed by atoms with Crippen LogP contribution in [0.3, 0.4) is 0 Å². The molecule has 32 heavy (non-hydrogen) atoms. The predicted octanol–water partition coefficient (Wildman–Crippen LogP) is 7.14. The first kappa shape index (κ1) is 25.8. The van der Waals surface area contributed by atoms with Gasteiger partial charge >= 0.3 is 0 Å². The number of nitrogens with zero attached hydrogens (tertiary/aromatic N) is 1. The van der Waals surface area contributed by atoms with E-state index in [9.17, 15) is 9.90 Å². The summed E-state index contributed by atoms with van der Waals surface area (Å²) in [7, 11) is 0. The fraction of sp³-hybridized carbons (Fsp3) is 0.741. The van der Waals surface area contributed by atoms with Gasteiger partial charge in [-0.2, -0.15) is 0 Å². The van der Waals surface area contributed by atoms with Crippen LogP contribution in [0.25, 0.3) is 0 Å². The maximum Gasteiger partial charge on any atom is 0.232 e. The van der Waals surface area contributed by atoms with Crippen molar-refractivity contribution < 1.29 is 9.90 Å². The van der Waals surface area contributed by atoms with E-state index in [1.807, 2.05) is 23.5 Å². The molecule has 1 aromatic rings. The molecule has 1 saturated heterocycles. The highest BCUT2D eigenvalue weighted by Crippen LogP contribution is 2.45. The van der Waals surface area contributed by atoms with Crippen LogP contribution in [0.5, 0.6) is 5.75 Å². The van der Waals surface area contributed by atoms with Crippen molar-refractivity contribution in [1.29, 1.82) is 0 Å². The molecule has 0 unspecified atom stereocenters. The molecule has 1 amide bonds. The summed E-state index contributed by atoms with van der Waals surface area (Å²) >= 11 is 3.86.